The maximum atomic E-state index is 11.4. The van der Waals surface area contributed by atoms with Crippen LogP contribution >= 0.6 is 0 Å². The van der Waals surface area contributed by atoms with E-state index in [-0.39, 0.29) is 24.5 Å². The molecule has 0 aromatic heterocycles. The molecule has 5 nitrogen and oxygen atoms in total. The first-order valence-electron chi connectivity index (χ1n) is 5.72. The summed E-state index contributed by atoms with van der Waals surface area (Å²) in [5.41, 5.74) is 5.68. The van der Waals surface area contributed by atoms with Gasteiger partial charge in [0, 0.05) is 12.6 Å². The summed E-state index contributed by atoms with van der Waals surface area (Å²) in [5, 5.41) is 0. The Morgan fingerprint density at radius 2 is 2.00 bits per heavy atom. The third-order valence-electron chi connectivity index (χ3n) is 2.16. The Hall–Kier alpha value is -0.170. The van der Waals surface area contributed by atoms with E-state index in [1.54, 1.807) is 0 Å². The summed E-state index contributed by atoms with van der Waals surface area (Å²) in [6.07, 6.45) is 1.59. The van der Waals surface area contributed by atoms with Crippen molar-refractivity contribution in [2.24, 2.45) is 5.73 Å². The number of ether oxygens (including phenoxy) is 1. The van der Waals surface area contributed by atoms with Crippen molar-refractivity contribution in [3.63, 3.8) is 0 Å². The van der Waals surface area contributed by atoms with Crippen LogP contribution in [0.25, 0.3) is 0 Å². The Morgan fingerprint density at radius 3 is 2.50 bits per heavy atom. The van der Waals surface area contributed by atoms with Crippen molar-refractivity contribution in [1.82, 2.24) is 4.72 Å². The summed E-state index contributed by atoms with van der Waals surface area (Å²) in [6, 6.07) is 0.0645. The van der Waals surface area contributed by atoms with Crippen LogP contribution in [-0.2, 0) is 14.8 Å². The minimum atomic E-state index is -3.21. The van der Waals surface area contributed by atoms with E-state index in [2.05, 4.69) is 4.72 Å². The van der Waals surface area contributed by atoms with Crippen LogP contribution in [0.1, 0.15) is 33.6 Å². The predicted molar refractivity (Wildman–Crippen MR) is 65.8 cm³/mol. The van der Waals surface area contributed by atoms with Gasteiger partial charge in [0.25, 0.3) is 0 Å². The second-order valence-electron chi connectivity index (χ2n) is 4.09. The Kier molecular flexibility index (Phi) is 7.91. The largest absolute Gasteiger partial charge is 0.378 e. The van der Waals surface area contributed by atoms with Crippen molar-refractivity contribution >= 4 is 10.0 Å². The normalized spacial score (nSPS) is 14.3. The van der Waals surface area contributed by atoms with E-state index >= 15 is 0 Å². The van der Waals surface area contributed by atoms with Crippen LogP contribution < -0.4 is 10.5 Å². The van der Waals surface area contributed by atoms with Gasteiger partial charge in [0.05, 0.1) is 18.5 Å². The third-order valence-corrected chi connectivity index (χ3v) is 3.51. The quantitative estimate of drug-likeness (QED) is 0.624. The highest BCUT2D eigenvalue weighted by Crippen LogP contribution is 1.94. The molecule has 0 radical (unpaired) electrons. The zero-order valence-corrected chi connectivity index (χ0v) is 11.2. The second-order valence-corrected chi connectivity index (χ2v) is 6.02. The van der Waals surface area contributed by atoms with Gasteiger partial charge in [-0.1, -0.05) is 6.92 Å². The molecule has 0 spiro atoms. The number of hydrogen-bond acceptors (Lipinski definition) is 4. The number of rotatable bonds is 9. The van der Waals surface area contributed by atoms with Gasteiger partial charge in [-0.15, -0.1) is 0 Å². The van der Waals surface area contributed by atoms with Crippen molar-refractivity contribution in [3.05, 3.63) is 0 Å². The molecule has 0 aliphatic heterocycles. The molecule has 0 aromatic carbocycles. The first-order chi connectivity index (χ1) is 7.37. The Labute approximate surface area is 98.8 Å². The third kappa shape index (κ3) is 9.08. The number of sulfonamides is 1. The summed E-state index contributed by atoms with van der Waals surface area (Å²) in [4.78, 5) is 0. The summed E-state index contributed by atoms with van der Waals surface area (Å²) >= 11 is 0. The molecule has 0 saturated carbocycles. The van der Waals surface area contributed by atoms with E-state index in [9.17, 15) is 8.42 Å². The molecular weight excluding hydrogens is 228 g/mol. The number of hydrogen-bond donors (Lipinski definition) is 2. The summed E-state index contributed by atoms with van der Waals surface area (Å²) in [6.45, 7) is 6.36. The number of nitrogens with one attached hydrogen (secondary N) is 1. The maximum absolute atomic E-state index is 11.4. The van der Waals surface area contributed by atoms with Crippen LogP contribution in [0.3, 0.4) is 0 Å². The molecule has 6 heteroatoms. The first-order valence-corrected chi connectivity index (χ1v) is 7.37. The molecule has 0 saturated heterocycles. The van der Waals surface area contributed by atoms with Crippen LogP contribution in [-0.4, -0.2) is 39.5 Å². The monoisotopic (exact) mass is 252 g/mol. The average Bonchev–Trinajstić information content (AvgIpc) is 2.16. The van der Waals surface area contributed by atoms with Gasteiger partial charge in [0.15, 0.2) is 0 Å². The SMILES string of the molecule is CCC(N)CCNS(=O)(=O)CCOC(C)C. The van der Waals surface area contributed by atoms with E-state index in [1.807, 2.05) is 20.8 Å². The molecule has 0 heterocycles. The Balaban J connectivity index is 3.71. The molecule has 0 aromatic rings. The standard InChI is InChI=1S/C10H24N2O3S/c1-4-10(11)5-6-12-16(13,14)8-7-15-9(2)3/h9-10,12H,4-8,11H2,1-3H3. The summed E-state index contributed by atoms with van der Waals surface area (Å²) in [5.74, 6) is 0.00649. The lowest BCUT2D eigenvalue weighted by molar-refractivity contribution is 0.0911. The van der Waals surface area contributed by atoms with Crippen molar-refractivity contribution in [3.8, 4) is 0 Å². The minimum absolute atomic E-state index is 0.00649. The lowest BCUT2D eigenvalue weighted by atomic mass is 10.2. The molecule has 0 amide bonds. The van der Waals surface area contributed by atoms with E-state index in [0.717, 1.165) is 6.42 Å². The topological polar surface area (TPSA) is 81.4 Å². The number of nitrogens with two attached hydrogens (primary N) is 1. The van der Waals surface area contributed by atoms with Gasteiger partial charge in [0.1, 0.15) is 0 Å². The van der Waals surface area contributed by atoms with Crippen LogP contribution in [0.5, 0.6) is 0 Å². The van der Waals surface area contributed by atoms with Gasteiger partial charge in [-0.2, -0.15) is 0 Å². The van der Waals surface area contributed by atoms with E-state index in [4.69, 9.17) is 10.5 Å². The molecule has 0 bridgehead atoms. The molecular formula is C10H24N2O3S. The van der Waals surface area contributed by atoms with Crippen LogP contribution in [0.4, 0.5) is 0 Å². The highest BCUT2D eigenvalue weighted by molar-refractivity contribution is 7.89. The van der Waals surface area contributed by atoms with Crippen LogP contribution in [0, 0.1) is 0 Å². The highest BCUT2D eigenvalue weighted by atomic mass is 32.2. The Bertz CT molecular complexity index is 265. The highest BCUT2D eigenvalue weighted by Gasteiger charge is 2.10. The lowest BCUT2D eigenvalue weighted by Crippen LogP contribution is -2.33. The van der Waals surface area contributed by atoms with E-state index in [1.165, 1.54) is 0 Å². The zero-order chi connectivity index (χ0) is 12.6. The van der Waals surface area contributed by atoms with Crippen molar-refractivity contribution in [1.29, 1.82) is 0 Å². The maximum Gasteiger partial charge on any atom is 0.213 e. The van der Waals surface area contributed by atoms with Gasteiger partial charge in [0.2, 0.25) is 10.0 Å². The molecule has 0 aliphatic rings. The van der Waals surface area contributed by atoms with Crippen molar-refractivity contribution in [2.45, 2.75) is 45.8 Å². The molecule has 1 atom stereocenters. The molecule has 98 valence electrons. The lowest BCUT2D eigenvalue weighted by Gasteiger charge is -2.11. The van der Waals surface area contributed by atoms with Gasteiger partial charge >= 0.3 is 0 Å². The molecule has 1 unspecified atom stereocenters. The van der Waals surface area contributed by atoms with Gasteiger partial charge < -0.3 is 10.5 Å². The van der Waals surface area contributed by atoms with Crippen molar-refractivity contribution in [2.75, 3.05) is 18.9 Å². The molecule has 3 N–H and O–H groups in total. The fourth-order valence-electron chi connectivity index (χ4n) is 1.07. The molecule has 16 heavy (non-hydrogen) atoms. The van der Waals surface area contributed by atoms with Crippen molar-refractivity contribution < 1.29 is 13.2 Å². The van der Waals surface area contributed by atoms with Gasteiger partial charge in [-0.05, 0) is 26.7 Å². The Morgan fingerprint density at radius 1 is 1.38 bits per heavy atom. The summed E-state index contributed by atoms with van der Waals surface area (Å²) < 4.78 is 30.6. The zero-order valence-electron chi connectivity index (χ0n) is 10.4. The minimum Gasteiger partial charge on any atom is -0.378 e. The van der Waals surface area contributed by atoms with Crippen LogP contribution in [0.15, 0.2) is 0 Å². The van der Waals surface area contributed by atoms with E-state index in [0.29, 0.717) is 13.0 Å². The smallest absolute Gasteiger partial charge is 0.213 e. The fourth-order valence-corrected chi connectivity index (χ4v) is 1.96. The van der Waals surface area contributed by atoms with E-state index < -0.39 is 10.0 Å². The predicted octanol–water partition coefficient (Wildman–Crippen LogP) is 0.458. The van der Waals surface area contributed by atoms with Gasteiger partial charge in [-0.3, -0.25) is 0 Å². The molecule has 0 aliphatic carbocycles. The first kappa shape index (κ1) is 15.8. The summed E-state index contributed by atoms with van der Waals surface area (Å²) in [7, 11) is -3.21. The van der Waals surface area contributed by atoms with Gasteiger partial charge in [-0.25, -0.2) is 13.1 Å². The van der Waals surface area contributed by atoms with Crippen LogP contribution in [0.2, 0.25) is 0 Å². The average molecular weight is 252 g/mol. The second kappa shape index (κ2) is 8.00. The molecule has 0 fully saturated rings. The fraction of sp³-hybridized carbons (Fsp3) is 1.00. The molecule has 0 rings (SSSR count).